The maximum absolute atomic E-state index is 10.7. The number of pyridine rings is 1. The van der Waals surface area contributed by atoms with Crippen molar-refractivity contribution in [1.82, 2.24) is 9.97 Å². The molecule has 7 heteroatoms. The Morgan fingerprint density at radius 3 is 2.89 bits per heavy atom. The summed E-state index contributed by atoms with van der Waals surface area (Å²) in [6.45, 7) is 0. The van der Waals surface area contributed by atoms with Gasteiger partial charge in [-0.2, -0.15) is 0 Å². The minimum atomic E-state index is -0.398. The van der Waals surface area contributed by atoms with Crippen LogP contribution in [0.1, 0.15) is 0 Å². The van der Waals surface area contributed by atoms with Crippen LogP contribution in [-0.2, 0) is 0 Å². The van der Waals surface area contributed by atoms with Gasteiger partial charge in [-0.15, -0.1) is 11.3 Å². The smallest absolute Gasteiger partial charge is 0.258 e. The Kier molecular flexibility index (Phi) is 3.14. The molecule has 0 unspecified atom stereocenters. The highest BCUT2D eigenvalue weighted by molar-refractivity contribution is 8.01. The van der Waals surface area contributed by atoms with Gasteiger partial charge in [-0.1, -0.05) is 6.07 Å². The lowest BCUT2D eigenvalue weighted by atomic mass is 10.3. The Balaban J connectivity index is 1.95. The van der Waals surface area contributed by atoms with Gasteiger partial charge in [0.25, 0.3) is 5.69 Å². The fourth-order valence-corrected chi connectivity index (χ4v) is 3.55. The first-order valence-corrected chi connectivity index (χ1v) is 6.99. The first-order chi connectivity index (χ1) is 9.22. The van der Waals surface area contributed by atoms with Crippen LogP contribution in [0.15, 0.2) is 52.0 Å². The van der Waals surface area contributed by atoms with Gasteiger partial charge in [0.15, 0.2) is 4.34 Å². The Morgan fingerprint density at radius 2 is 2.16 bits per heavy atom. The van der Waals surface area contributed by atoms with Crippen molar-refractivity contribution in [2.24, 2.45) is 0 Å². The Labute approximate surface area is 116 Å². The number of non-ortho nitro benzene ring substituents is 1. The average Bonchev–Trinajstić information content (AvgIpc) is 2.80. The molecule has 94 valence electrons. The lowest BCUT2D eigenvalue weighted by molar-refractivity contribution is -0.384. The molecule has 0 radical (unpaired) electrons. The summed E-state index contributed by atoms with van der Waals surface area (Å²) in [5, 5.41) is 11.6. The molecule has 0 spiro atoms. The lowest BCUT2D eigenvalue weighted by Crippen LogP contribution is -1.85. The van der Waals surface area contributed by atoms with E-state index in [1.165, 1.54) is 29.2 Å². The number of thiazole rings is 1. The van der Waals surface area contributed by atoms with Gasteiger partial charge in [-0.05, 0) is 30.0 Å². The molecule has 0 atom stereocenters. The van der Waals surface area contributed by atoms with Crippen molar-refractivity contribution in [1.29, 1.82) is 0 Å². The van der Waals surface area contributed by atoms with Crippen LogP contribution >= 0.6 is 23.1 Å². The first-order valence-electron chi connectivity index (χ1n) is 5.36. The van der Waals surface area contributed by atoms with Crippen molar-refractivity contribution in [2.75, 3.05) is 0 Å². The van der Waals surface area contributed by atoms with Gasteiger partial charge in [-0.25, -0.2) is 9.97 Å². The minimum Gasteiger partial charge on any atom is -0.258 e. The van der Waals surface area contributed by atoms with Crippen molar-refractivity contribution >= 4 is 39.0 Å². The monoisotopic (exact) mass is 289 g/mol. The van der Waals surface area contributed by atoms with Gasteiger partial charge in [-0.3, -0.25) is 10.1 Å². The molecule has 0 fully saturated rings. The summed E-state index contributed by atoms with van der Waals surface area (Å²) in [6.07, 6.45) is 1.72. The summed E-state index contributed by atoms with van der Waals surface area (Å²) in [4.78, 5) is 19.0. The first kappa shape index (κ1) is 12.1. The quantitative estimate of drug-likeness (QED) is 0.542. The molecule has 1 aromatic carbocycles. The molecule has 0 aliphatic heterocycles. The highest BCUT2D eigenvalue weighted by atomic mass is 32.2. The second kappa shape index (κ2) is 4.94. The van der Waals surface area contributed by atoms with Gasteiger partial charge >= 0.3 is 0 Å². The molecule has 2 heterocycles. The van der Waals surface area contributed by atoms with E-state index in [4.69, 9.17) is 0 Å². The molecule has 0 aliphatic carbocycles. The average molecular weight is 289 g/mol. The molecule has 0 saturated heterocycles. The van der Waals surface area contributed by atoms with Crippen molar-refractivity contribution in [3.63, 3.8) is 0 Å². The second-order valence-corrected chi connectivity index (χ2v) is 5.96. The van der Waals surface area contributed by atoms with Gasteiger partial charge < -0.3 is 0 Å². The van der Waals surface area contributed by atoms with Crippen LogP contribution < -0.4 is 0 Å². The normalized spacial score (nSPS) is 10.7. The molecule has 2 aromatic heterocycles. The zero-order chi connectivity index (χ0) is 13.2. The van der Waals surface area contributed by atoms with E-state index in [-0.39, 0.29) is 5.69 Å². The van der Waals surface area contributed by atoms with Crippen LogP contribution in [0.3, 0.4) is 0 Å². The number of rotatable bonds is 3. The minimum absolute atomic E-state index is 0.0885. The summed E-state index contributed by atoms with van der Waals surface area (Å²) in [7, 11) is 0. The fraction of sp³-hybridized carbons (Fsp3) is 0. The Morgan fingerprint density at radius 1 is 1.26 bits per heavy atom. The zero-order valence-corrected chi connectivity index (χ0v) is 11.1. The highest BCUT2D eigenvalue weighted by Gasteiger charge is 2.11. The largest absolute Gasteiger partial charge is 0.270 e. The van der Waals surface area contributed by atoms with E-state index < -0.39 is 4.92 Å². The van der Waals surface area contributed by atoms with Gasteiger partial charge in [0.05, 0.1) is 15.1 Å². The lowest BCUT2D eigenvalue weighted by Gasteiger charge is -1.93. The van der Waals surface area contributed by atoms with Crippen LogP contribution in [0.2, 0.25) is 0 Å². The number of benzene rings is 1. The van der Waals surface area contributed by atoms with Crippen molar-refractivity contribution in [2.45, 2.75) is 9.37 Å². The standard InChI is InChI=1S/C12H7N3O2S2/c16-15(17)8-4-5-9-10(7-8)18-12(14-9)19-11-3-1-2-6-13-11/h1-7H. The Bertz CT molecular complexity index is 743. The Hall–Kier alpha value is -1.99. The van der Waals surface area contributed by atoms with Gasteiger partial charge in [0, 0.05) is 18.3 Å². The van der Waals surface area contributed by atoms with Crippen LogP contribution in [0.5, 0.6) is 0 Å². The molecule has 19 heavy (non-hydrogen) atoms. The van der Waals surface area contributed by atoms with Crippen LogP contribution in [0, 0.1) is 10.1 Å². The second-order valence-electron chi connectivity index (χ2n) is 3.66. The van der Waals surface area contributed by atoms with E-state index >= 15 is 0 Å². The third-order valence-electron chi connectivity index (χ3n) is 2.39. The predicted molar refractivity (Wildman–Crippen MR) is 74.6 cm³/mol. The third-order valence-corrected chi connectivity index (χ3v) is 4.42. The summed E-state index contributed by atoms with van der Waals surface area (Å²) in [5.41, 5.74) is 0.861. The summed E-state index contributed by atoms with van der Waals surface area (Å²) < 4.78 is 1.64. The maximum Gasteiger partial charge on any atom is 0.270 e. The third kappa shape index (κ3) is 2.56. The summed E-state index contributed by atoms with van der Waals surface area (Å²) in [5.74, 6) is 0. The van der Waals surface area contributed by atoms with E-state index in [0.29, 0.717) is 0 Å². The number of nitro groups is 1. The fourth-order valence-electron chi connectivity index (χ4n) is 1.55. The number of nitro benzene ring substituents is 1. The van der Waals surface area contributed by atoms with Crippen LogP contribution in [0.25, 0.3) is 10.2 Å². The van der Waals surface area contributed by atoms with E-state index in [0.717, 1.165) is 19.6 Å². The van der Waals surface area contributed by atoms with E-state index in [9.17, 15) is 10.1 Å². The molecular formula is C12H7N3O2S2. The van der Waals surface area contributed by atoms with Crippen molar-refractivity contribution < 1.29 is 4.92 Å². The van der Waals surface area contributed by atoms with Crippen molar-refractivity contribution in [3.8, 4) is 0 Å². The number of aromatic nitrogens is 2. The topological polar surface area (TPSA) is 68.9 Å². The zero-order valence-electron chi connectivity index (χ0n) is 9.52. The SMILES string of the molecule is O=[N+]([O-])c1ccc2nc(Sc3ccccn3)sc2c1. The van der Waals surface area contributed by atoms with Gasteiger partial charge in [0.2, 0.25) is 0 Å². The van der Waals surface area contributed by atoms with Crippen LogP contribution in [-0.4, -0.2) is 14.9 Å². The highest BCUT2D eigenvalue weighted by Crippen LogP contribution is 2.34. The molecule has 0 saturated carbocycles. The molecule has 0 bridgehead atoms. The number of hydrogen-bond acceptors (Lipinski definition) is 6. The van der Waals surface area contributed by atoms with Crippen molar-refractivity contribution in [3.05, 3.63) is 52.7 Å². The number of hydrogen-bond donors (Lipinski definition) is 0. The summed E-state index contributed by atoms with van der Waals surface area (Å²) in [6, 6.07) is 10.4. The molecule has 0 aliphatic rings. The predicted octanol–water partition coefficient (Wildman–Crippen LogP) is 3.75. The molecule has 0 N–H and O–H groups in total. The van der Waals surface area contributed by atoms with Gasteiger partial charge in [0.1, 0.15) is 5.03 Å². The van der Waals surface area contributed by atoms with E-state index in [1.54, 1.807) is 18.3 Å². The maximum atomic E-state index is 10.7. The molecule has 3 aromatic rings. The van der Waals surface area contributed by atoms with E-state index in [2.05, 4.69) is 9.97 Å². The summed E-state index contributed by atoms with van der Waals surface area (Å²) >= 11 is 2.89. The van der Waals surface area contributed by atoms with E-state index in [1.807, 2.05) is 18.2 Å². The molecule has 0 amide bonds. The number of fused-ring (bicyclic) bond motifs is 1. The molecule has 5 nitrogen and oxygen atoms in total. The molecular weight excluding hydrogens is 282 g/mol. The van der Waals surface area contributed by atoms with Crippen LogP contribution in [0.4, 0.5) is 5.69 Å². The number of nitrogens with zero attached hydrogens (tertiary/aromatic N) is 3. The molecule has 3 rings (SSSR count).